The average Bonchev–Trinajstić information content (AvgIpc) is 2.47. The second-order valence-electron chi connectivity index (χ2n) is 5.10. The number of nitrogens with one attached hydrogen (secondary N) is 1. The van der Waals surface area contributed by atoms with Crippen LogP contribution < -0.4 is 5.32 Å². The lowest BCUT2D eigenvalue weighted by Crippen LogP contribution is -2.34. The summed E-state index contributed by atoms with van der Waals surface area (Å²) < 4.78 is 0. The summed E-state index contributed by atoms with van der Waals surface area (Å²) in [5.41, 5.74) is 0.147. The van der Waals surface area contributed by atoms with E-state index >= 15 is 0 Å². The maximum absolute atomic E-state index is 11.2. The Balaban J connectivity index is 2.26. The van der Waals surface area contributed by atoms with Crippen molar-refractivity contribution in [1.29, 1.82) is 0 Å². The molecule has 0 heterocycles. The third-order valence-electron chi connectivity index (χ3n) is 3.79. The minimum absolute atomic E-state index is 0.0719. The molecular weight excluding hydrogens is 292 g/mol. The lowest BCUT2D eigenvalue weighted by molar-refractivity contribution is -0.384. The molecule has 21 heavy (non-hydrogen) atoms. The van der Waals surface area contributed by atoms with E-state index in [1.807, 2.05) is 6.26 Å². The van der Waals surface area contributed by atoms with E-state index in [1.54, 1.807) is 11.8 Å². The van der Waals surface area contributed by atoms with Gasteiger partial charge >= 0.3 is 5.97 Å². The first kappa shape index (κ1) is 15.6. The normalized spacial score (nSPS) is 21.8. The van der Waals surface area contributed by atoms with Crippen LogP contribution >= 0.6 is 11.8 Å². The number of hydrogen-bond acceptors (Lipinski definition) is 5. The van der Waals surface area contributed by atoms with Gasteiger partial charge in [-0.15, -0.1) is 0 Å². The van der Waals surface area contributed by atoms with Crippen molar-refractivity contribution in [2.75, 3.05) is 11.6 Å². The van der Waals surface area contributed by atoms with Gasteiger partial charge in [0.15, 0.2) is 0 Å². The maximum Gasteiger partial charge on any atom is 0.335 e. The number of anilines is 1. The number of thioether (sulfide) groups is 1. The van der Waals surface area contributed by atoms with Gasteiger partial charge in [0.25, 0.3) is 5.69 Å². The highest BCUT2D eigenvalue weighted by atomic mass is 32.2. The summed E-state index contributed by atoms with van der Waals surface area (Å²) in [6.07, 6.45) is 6.41. The Morgan fingerprint density at radius 1 is 1.43 bits per heavy atom. The summed E-state index contributed by atoms with van der Waals surface area (Å²) in [6.45, 7) is 0. The Morgan fingerprint density at radius 2 is 2.14 bits per heavy atom. The van der Waals surface area contributed by atoms with E-state index < -0.39 is 10.9 Å². The van der Waals surface area contributed by atoms with Crippen LogP contribution in [0, 0.1) is 10.1 Å². The second kappa shape index (κ2) is 6.80. The Kier molecular flexibility index (Phi) is 5.06. The number of carbonyl (C=O) groups is 1. The summed E-state index contributed by atoms with van der Waals surface area (Å²) in [4.78, 5) is 21.5. The summed E-state index contributed by atoms with van der Waals surface area (Å²) in [5.74, 6) is -1.16. The summed E-state index contributed by atoms with van der Waals surface area (Å²) in [5, 5.41) is 23.8. The molecule has 2 atom stereocenters. The van der Waals surface area contributed by atoms with Crippen molar-refractivity contribution in [3.05, 3.63) is 33.9 Å². The average molecular weight is 310 g/mol. The van der Waals surface area contributed by atoms with Gasteiger partial charge in [0.05, 0.1) is 10.5 Å². The molecule has 1 aromatic rings. The Bertz CT molecular complexity index is 550. The fraction of sp³-hybridized carbons (Fsp3) is 0.500. The van der Waals surface area contributed by atoms with Crippen molar-refractivity contribution in [2.24, 2.45) is 0 Å². The van der Waals surface area contributed by atoms with Crippen LogP contribution in [0.3, 0.4) is 0 Å². The van der Waals surface area contributed by atoms with E-state index in [9.17, 15) is 14.9 Å². The Hall–Kier alpha value is -1.76. The molecule has 1 fully saturated rings. The highest BCUT2D eigenvalue weighted by Gasteiger charge is 2.27. The fourth-order valence-corrected chi connectivity index (χ4v) is 3.62. The van der Waals surface area contributed by atoms with Crippen LogP contribution in [0.25, 0.3) is 0 Å². The Labute approximate surface area is 127 Å². The highest BCUT2D eigenvalue weighted by molar-refractivity contribution is 7.99. The second-order valence-corrected chi connectivity index (χ2v) is 6.18. The molecule has 1 aliphatic rings. The third-order valence-corrected chi connectivity index (χ3v) is 4.96. The molecule has 6 nitrogen and oxygen atoms in total. The van der Waals surface area contributed by atoms with Gasteiger partial charge < -0.3 is 10.4 Å². The van der Waals surface area contributed by atoms with Crippen LogP contribution in [-0.2, 0) is 0 Å². The van der Waals surface area contributed by atoms with Gasteiger partial charge in [-0.2, -0.15) is 11.8 Å². The molecule has 0 amide bonds. The summed E-state index contributed by atoms with van der Waals surface area (Å²) in [6, 6.07) is 4.19. The first-order valence-electron chi connectivity index (χ1n) is 6.84. The quantitative estimate of drug-likeness (QED) is 0.640. The van der Waals surface area contributed by atoms with E-state index in [1.165, 1.54) is 18.6 Å². The summed E-state index contributed by atoms with van der Waals surface area (Å²) in [7, 11) is 0. The number of carboxylic acid groups (broad SMARTS) is 1. The van der Waals surface area contributed by atoms with Crippen LogP contribution in [-0.4, -0.2) is 33.5 Å². The highest BCUT2D eigenvalue weighted by Crippen LogP contribution is 2.33. The van der Waals surface area contributed by atoms with Crippen molar-refractivity contribution in [3.8, 4) is 0 Å². The zero-order valence-electron chi connectivity index (χ0n) is 11.7. The Morgan fingerprint density at radius 3 is 2.76 bits per heavy atom. The molecule has 0 aromatic heterocycles. The molecule has 0 radical (unpaired) electrons. The minimum Gasteiger partial charge on any atom is -0.478 e. The summed E-state index contributed by atoms with van der Waals surface area (Å²) >= 11 is 1.77. The molecule has 0 spiro atoms. The van der Waals surface area contributed by atoms with Crippen molar-refractivity contribution in [2.45, 2.75) is 37.0 Å². The van der Waals surface area contributed by atoms with Crippen LogP contribution in [0.4, 0.5) is 11.4 Å². The predicted molar refractivity (Wildman–Crippen MR) is 83.2 cm³/mol. The van der Waals surface area contributed by atoms with Crippen LogP contribution in [0.15, 0.2) is 18.2 Å². The number of benzene rings is 1. The van der Waals surface area contributed by atoms with Gasteiger partial charge in [0.1, 0.15) is 5.69 Å². The van der Waals surface area contributed by atoms with E-state index in [4.69, 9.17) is 5.11 Å². The monoisotopic (exact) mass is 310 g/mol. The fourth-order valence-electron chi connectivity index (χ4n) is 2.68. The molecule has 2 rings (SSSR count). The molecule has 1 saturated carbocycles. The number of hydrogen-bond donors (Lipinski definition) is 2. The predicted octanol–water partition coefficient (Wildman–Crippen LogP) is 3.38. The van der Waals surface area contributed by atoms with Gasteiger partial charge in [-0.05, 0) is 31.2 Å². The number of nitro groups is 1. The zero-order valence-corrected chi connectivity index (χ0v) is 12.6. The lowest BCUT2D eigenvalue weighted by Gasteiger charge is -2.31. The van der Waals surface area contributed by atoms with Crippen molar-refractivity contribution >= 4 is 29.1 Å². The largest absolute Gasteiger partial charge is 0.478 e. The van der Waals surface area contributed by atoms with E-state index in [0.29, 0.717) is 10.9 Å². The molecule has 2 N–H and O–H groups in total. The first-order valence-corrected chi connectivity index (χ1v) is 8.12. The topological polar surface area (TPSA) is 92.5 Å². The SMILES string of the molecule is CSC1CCCCC1Nc1ccc(C(=O)O)cc1[N+](=O)[O-]. The number of rotatable bonds is 5. The van der Waals surface area contributed by atoms with Gasteiger partial charge in [0, 0.05) is 17.4 Å². The molecule has 2 unspecified atom stereocenters. The maximum atomic E-state index is 11.2. The standard InChI is InChI=1S/C14H18N2O4S/c1-21-13-5-3-2-4-11(13)15-10-7-6-9(14(17)18)8-12(10)16(19)20/h6-8,11,13,15H,2-5H2,1H3,(H,17,18). The van der Waals surface area contributed by atoms with E-state index in [0.717, 1.165) is 25.3 Å². The molecule has 7 heteroatoms. The number of aromatic carboxylic acids is 1. The van der Waals surface area contributed by atoms with E-state index in [2.05, 4.69) is 5.32 Å². The lowest BCUT2D eigenvalue weighted by atomic mass is 9.94. The van der Waals surface area contributed by atoms with Crippen molar-refractivity contribution in [1.82, 2.24) is 0 Å². The molecule has 1 aliphatic carbocycles. The molecule has 0 bridgehead atoms. The van der Waals surface area contributed by atoms with Crippen LogP contribution in [0.1, 0.15) is 36.0 Å². The van der Waals surface area contributed by atoms with E-state index in [-0.39, 0.29) is 17.3 Å². The molecule has 1 aromatic carbocycles. The minimum atomic E-state index is -1.16. The smallest absolute Gasteiger partial charge is 0.335 e. The van der Waals surface area contributed by atoms with Crippen LogP contribution in [0.5, 0.6) is 0 Å². The van der Waals surface area contributed by atoms with Crippen molar-refractivity contribution in [3.63, 3.8) is 0 Å². The first-order chi connectivity index (χ1) is 10.0. The number of carboxylic acids is 1. The van der Waals surface area contributed by atoms with Crippen molar-refractivity contribution < 1.29 is 14.8 Å². The molecule has 0 saturated heterocycles. The molecule has 114 valence electrons. The van der Waals surface area contributed by atoms with Gasteiger partial charge in [-0.3, -0.25) is 10.1 Å². The molecule has 0 aliphatic heterocycles. The van der Waals surface area contributed by atoms with Gasteiger partial charge in [0.2, 0.25) is 0 Å². The third kappa shape index (κ3) is 3.66. The zero-order chi connectivity index (χ0) is 15.4. The van der Waals surface area contributed by atoms with Crippen LogP contribution in [0.2, 0.25) is 0 Å². The van der Waals surface area contributed by atoms with Gasteiger partial charge in [-0.1, -0.05) is 12.8 Å². The number of nitrogens with zero attached hydrogens (tertiary/aromatic N) is 1. The van der Waals surface area contributed by atoms with Gasteiger partial charge in [-0.25, -0.2) is 4.79 Å². The number of nitro benzene ring substituents is 1. The molecular formula is C14H18N2O4S.